The Morgan fingerprint density at radius 3 is 2.56 bits per heavy atom. The van der Waals surface area contributed by atoms with Gasteiger partial charge in [-0.25, -0.2) is 0 Å². The summed E-state index contributed by atoms with van der Waals surface area (Å²) >= 11 is 1.31. The zero-order valence-electron chi connectivity index (χ0n) is 17.6. The van der Waals surface area contributed by atoms with E-state index in [2.05, 4.69) is 15.5 Å². The largest absolute Gasteiger partial charge is 0.497 e. The van der Waals surface area contributed by atoms with E-state index < -0.39 is 0 Å². The second-order valence-corrected chi connectivity index (χ2v) is 7.71. The second-order valence-electron chi connectivity index (χ2n) is 6.77. The maximum atomic E-state index is 12.5. The number of amides is 1. The lowest BCUT2D eigenvalue weighted by Gasteiger charge is -2.10. The van der Waals surface area contributed by atoms with Crippen molar-refractivity contribution < 1.29 is 18.7 Å². The Morgan fingerprint density at radius 2 is 1.84 bits per heavy atom. The molecule has 4 aromatic rings. The Morgan fingerprint density at radius 1 is 1.03 bits per heavy atom. The first-order valence-corrected chi connectivity index (χ1v) is 10.8. The minimum atomic E-state index is -0.143. The normalized spacial score (nSPS) is 10.7. The SMILES string of the molecule is COc1ccc(NC(=O)CSc2nnc(-c3cccc(OC)c3)n2Cc2ccco2)cc1. The molecule has 9 heteroatoms. The first-order valence-electron chi connectivity index (χ1n) is 9.83. The van der Waals surface area contributed by atoms with Crippen LogP contribution in [0, 0.1) is 0 Å². The predicted molar refractivity (Wildman–Crippen MR) is 122 cm³/mol. The van der Waals surface area contributed by atoms with Crippen LogP contribution < -0.4 is 14.8 Å². The molecule has 2 aromatic heterocycles. The molecule has 2 aromatic carbocycles. The minimum Gasteiger partial charge on any atom is -0.497 e. The fourth-order valence-corrected chi connectivity index (χ4v) is 3.81. The van der Waals surface area contributed by atoms with Gasteiger partial charge in [0, 0.05) is 11.3 Å². The summed E-state index contributed by atoms with van der Waals surface area (Å²) in [5, 5.41) is 12.2. The second kappa shape index (κ2) is 10.1. The zero-order valence-corrected chi connectivity index (χ0v) is 18.5. The van der Waals surface area contributed by atoms with Gasteiger partial charge >= 0.3 is 0 Å². The van der Waals surface area contributed by atoms with E-state index in [1.165, 1.54) is 11.8 Å². The summed E-state index contributed by atoms with van der Waals surface area (Å²) in [4.78, 5) is 12.5. The van der Waals surface area contributed by atoms with Gasteiger partial charge in [-0.05, 0) is 48.5 Å². The molecular weight excluding hydrogens is 428 g/mol. The molecule has 0 radical (unpaired) electrons. The maximum absolute atomic E-state index is 12.5. The summed E-state index contributed by atoms with van der Waals surface area (Å²) in [6.45, 7) is 0.439. The summed E-state index contributed by atoms with van der Waals surface area (Å²) in [6.07, 6.45) is 1.63. The van der Waals surface area contributed by atoms with Crippen molar-refractivity contribution >= 4 is 23.4 Å². The monoisotopic (exact) mass is 450 g/mol. The lowest BCUT2D eigenvalue weighted by molar-refractivity contribution is -0.113. The third kappa shape index (κ3) is 5.12. The van der Waals surface area contributed by atoms with E-state index in [4.69, 9.17) is 13.9 Å². The molecule has 0 saturated heterocycles. The average Bonchev–Trinajstić information content (AvgIpc) is 3.48. The van der Waals surface area contributed by atoms with E-state index in [0.717, 1.165) is 22.8 Å². The van der Waals surface area contributed by atoms with Crippen LogP contribution in [-0.2, 0) is 11.3 Å². The van der Waals surface area contributed by atoms with Crippen molar-refractivity contribution in [1.29, 1.82) is 0 Å². The topological polar surface area (TPSA) is 91.4 Å². The van der Waals surface area contributed by atoms with Gasteiger partial charge in [-0.3, -0.25) is 9.36 Å². The van der Waals surface area contributed by atoms with Gasteiger partial charge in [0.15, 0.2) is 11.0 Å². The Balaban J connectivity index is 1.52. The van der Waals surface area contributed by atoms with Gasteiger partial charge < -0.3 is 19.2 Å². The van der Waals surface area contributed by atoms with Gasteiger partial charge in [0.2, 0.25) is 5.91 Å². The van der Waals surface area contributed by atoms with Crippen LogP contribution in [0.3, 0.4) is 0 Å². The molecule has 0 saturated carbocycles. The van der Waals surface area contributed by atoms with Crippen LogP contribution >= 0.6 is 11.8 Å². The van der Waals surface area contributed by atoms with Gasteiger partial charge in [-0.1, -0.05) is 23.9 Å². The van der Waals surface area contributed by atoms with Gasteiger partial charge in [-0.15, -0.1) is 10.2 Å². The summed E-state index contributed by atoms with van der Waals surface area (Å²) in [5.74, 6) is 2.92. The highest BCUT2D eigenvalue weighted by atomic mass is 32.2. The van der Waals surface area contributed by atoms with E-state index >= 15 is 0 Å². The lowest BCUT2D eigenvalue weighted by atomic mass is 10.2. The quantitative estimate of drug-likeness (QED) is 0.379. The number of carbonyl (C=O) groups is 1. The van der Waals surface area contributed by atoms with E-state index in [0.29, 0.717) is 23.2 Å². The molecule has 1 N–H and O–H groups in total. The van der Waals surface area contributed by atoms with Crippen LogP contribution in [0.5, 0.6) is 11.5 Å². The summed E-state index contributed by atoms with van der Waals surface area (Å²) in [6, 6.07) is 18.5. The molecule has 8 nitrogen and oxygen atoms in total. The zero-order chi connectivity index (χ0) is 22.3. The van der Waals surface area contributed by atoms with Gasteiger partial charge in [0.1, 0.15) is 17.3 Å². The molecule has 164 valence electrons. The molecule has 0 aliphatic heterocycles. The van der Waals surface area contributed by atoms with E-state index in [9.17, 15) is 4.79 Å². The van der Waals surface area contributed by atoms with E-state index in [-0.39, 0.29) is 11.7 Å². The Kier molecular flexibility index (Phi) is 6.76. The maximum Gasteiger partial charge on any atom is 0.234 e. The van der Waals surface area contributed by atoms with Crippen LogP contribution in [0.2, 0.25) is 0 Å². The molecule has 0 unspecified atom stereocenters. The first-order chi connectivity index (χ1) is 15.7. The summed E-state index contributed by atoms with van der Waals surface area (Å²) in [5.41, 5.74) is 1.56. The third-order valence-electron chi connectivity index (χ3n) is 4.64. The molecule has 1 amide bonds. The van der Waals surface area contributed by atoms with Gasteiger partial charge in [-0.2, -0.15) is 0 Å². The number of methoxy groups -OCH3 is 2. The van der Waals surface area contributed by atoms with Crippen LogP contribution in [0.25, 0.3) is 11.4 Å². The number of furan rings is 1. The highest BCUT2D eigenvalue weighted by Gasteiger charge is 2.17. The molecule has 4 rings (SSSR count). The third-order valence-corrected chi connectivity index (χ3v) is 5.61. The smallest absolute Gasteiger partial charge is 0.234 e. The number of nitrogens with one attached hydrogen (secondary N) is 1. The molecule has 0 bridgehead atoms. The number of benzene rings is 2. The number of aromatic nitrogens is 3. The first kappa shape index (κ1) is 21.5. The van der Waals surface area contributed by atoms with Crippen molar-refractivity contribution in [2.24, 2.45) is 0 Å². The number of carbonyl (C=O) groups excluding carboxylic acids is 1. The number of rotatable bonds is 9. The fraction of sp³-hybridized carbons (Fsp3) is 0.174. The van der Waals surface area contributed by atoms with E-state index in [1.54, 1.807) is 44.7 Å². The molecule has 0 spiro atoms. The van der Waals surface area contributed by atoms with Crippen molar-refractivity contribution in [3.63, 3.8) is 0 Å². The number of ether oxygens (including phenoxy) is 2. The predicted octanol–water partition coefficient (Wildman–Crippen LogP) is 4.33. The Bertz CT molecular complexity index is 1170. The number of anilines is 1. The molecule has 0 aliphatic carbocycles. The fourth-order valence-electron chi connectivity index (χ4n) is 3.07. The Labute approximate surface area is 189 Å². The van der Waals surface area contributed by atoms with Crippen molar-refractivity contribution in [2.75, 3.05) is 25.3 Å². The van der Waals surface area contributed by atoms with Crippen molar-refractivity contribution in [2.45, 2.75) is 11.7 Å². The van der Waals surface area contributed by atoms with Crippen LogP contribution in [0.4, 0.5) is 5.69 Å². The molecule has 32 heavy (non-hydrogen) atoms. The number of nitrogens with zero attached hydrogens (tertiary/aromatic N) is 3. The molecule has 0 atom stereocenters. The summed E-state index contributed by atoms with van der Waals surface area (Å²) < 4.78 is 17.9. The van der Waals surface area contributed by atoms with Crippen molar-refractivity contribution in [3.8, 4) is 22.9 Å². The van der Waals surface area contributed by atoms with Crippen LogP contribution in [-0.4, -0.2) is 40.6 Å². The lowest BCUT2D eigenvalue weighted by Crippen LogP contribution is -2.14. The van der Waals surface area contributed by atoms with Crippen LogP contribution in [0.1, 0.15) is 5.76 Å². The number of hydrogen-bond acceptors (Lipinski definition) is 7. The van der Waals surface area contributed by atoms with E-state index in [1.807, 2.05) is 41.0 Å². The number of hydrogen-bond donors (Lipinski definition) is 1. The Hall–Kier alpha value is -3.72. The number of thioether (sulfide) groups is 1. The highest BCUT2D eigenvalue weighted by Crippen LogP contribution is 2.28. The highest BCUT2D eigenvalue weighted by molar-refractivity contribution is 7.99. The molecule has 2 heterocycles. The average molecular weight is 451 g/mol. The van der Waals surface area contributed by atoms with Crippen LogP contribution in [0.15, 0.2) is 76.5 Å². The molecule has 0 aliphatic rings. The van der Waals surface area contributed by atoms with Crippen molar-refractivity contribution in [3.05, 3.63) is 72.7 Å². The standard InChI is InChI=1S/C23H22N4O4S/c1-29-18-10-8-17(9-11-18)24-21(28)15-32-23-26-25-22(16-5-3-6-19(13-16)30-2)27(23)14-20-7-4-12-31-20/h3-13H,14-15H2,1-2H3,(H,24,28). The van der Waals surface area contributed by atoms with Crippen molar-refractivity contribution in [1.82, 2.24) is 14.8 Å². The van der Waals surface area contributed by atoms with Gasteiger partial charge in [0.25, 0.3) is 0 Å². The molecule has 0 fully saturated rings. The minimum absolute atomic E-state index is 0.143. The summed E-state index contributed by atoms with van der Waals surface area (Å²) in [7, 11) is 3.22. The molecular formula is C23H22N4O4S. The van der Waals surface area contributed by atoms with Gasteiger partial charge in [0.05, 0.1) is 32.8 Å².